The van der Waals surface area contributed by atoms with Gasteiger partial charge in [-0.3, -0.25) is 14.9 Å². The van der Waals surface area contributed by atoms with Crippen molar-refractivity contribution in [1.82, 2.24) is 0 Å². The molecule has 0 bridgehead atoms. The van der Waals surface area contributed by atoms with Crippen LogP contribution in [0, 0.1) is 17.0 Å². The zero-order chi connectivity index (χ0) is 13.7. The van der Waals surface area contributed by atoms with E-state index in [4.69, 9.17) is 15.6 Å². The fraction of sp³-hybridized carbons (Fsp3) is 0.364. The molecule has 0 spiro atoms. The summed E-state index contributed by atoms with van der Waals surface area (Å²) < 4.78 is 5.30. The van der Waals surface area contributed by atoms with Gasteiger partial charge in [-0.15, -0.1) is 0 Å². The van der Waals surface area contributed by atoms with Crippen LogP contribution >= 0.6 is 0 Å². The lowest BCUT2D eigenvalue weighted by Crippen LogP contribution is -2.31. The summed E-state index contributed by atoms with van der Waals surface area (Å²) in [4.78, 5) is 20.7. The molecule has 0 fully saturated rings. The highest BCUT2D eigenvalue weighted by molar-refractivity contribution is 5.72. The van der Waals surface area contributed by atoms with E-state index in [0.717, 1.165) is 0 Å². The standard InChI is InChI=1S/C11H14N2O5/c1-7-9(13(16)17)3-2-4-10(7)18-6-5-8(12)11(14)15/h2-4,8H,5-6,12H2,1H3,(H,14,15). The molecule has 0 heterocycles. The van der Waals surface area contributed by atoms with Crippen LogP contribution in [0.3, 0.4) is 0 Å². The zero-order valence-electron chi connectivity index (χ0n) is 9.83. The number of aliphatic carboxylic acids is 1. The number of ether oxygens (including phenoxy) is 1. The van der Waals surface area contributed by atoms with Crippen molar-refractivity contribution in [2.45, 2.75) is 19.4 Å². The molecule has 1 atom stereocenters. The van der Waals surface area contributed by atoms with Crippen LogP contribution in [0.2, 0.25) is 0 Å². The summed E-state index contributed by atoms with van der Waals surface area (Å²) in [5.74, 6) is -0.740. The average molecular weight is 254 g/mol. The first kappa shape index (κ1) is 13.9. The Labute approximate surface area is 103 Å². The van der Waals surface area contributed by atoms with E-state index in [1.807, 2.05) is 0 Å². The molecular formula is C11H14N2O5. The summed E-state index contributed by atoms with van der Waals surface area (Å²) in [5.41, 5.74) is 5.69. The second kappa shape index (κ2) is 5.97. The van der Waals surface area contributed by atoms with Crippen molar-refractivity contribution < 1.29 is 19.6 Å². The minimum absolute atomic E-state index is 0.0324. The van der Waals surface area contributed by atoms with Crippen molar-refractivity contribution >= 4 is 11.7 Å². The van der Waals surface area contributed by atoms with Gasteiger partial charge in [-0.25, -0.2) is 0 Å². The molecule has 1 rings (SSSR count). The number of nitro groups is 1. The molecule has 0 saturated heterocycles. The molecular weight excluding hydrogens is 240 g/mol. The van der Waals surface area contributed by atoms with Gasteiger partial charge in [0, 0.05) is 12.5 Å². The lowest BCUT2D eigenvalue weighted by atomic mass is 10.2. The van der Waals surface area contributed by atoms with Crippen LogP contribution < -0.4 is 10.5 Å². The van der Waals surface area contributed by atoms with Crippen molar-refractivity contribution in [2.75, 3.05) is 6.61 Å². The molecule has 0 aliphatic carbocycles. The Morgan fingerprint density at radius 2 is 2.28 bits per heavy atom. The Bertz CT molecular complexity index is 461. The number of hydrogen-bond acceptors (Lipinski definition) is 5. The van der Waals surface area contributed by atoms with Gasteiger partial charge in [-0.2, -0.15) is 0 Å². The number of nitrogens with zero attached hydrogens (tertiary/aromatic N) is 1. The molecule has 18 heavy (non-hydrogen) atoms. The molecule has 1 aromatic carbocycles. The minimum Gasteiger partial charge on any atom is -0.493 e. The van der Waals surface area contributed by atoms with Gasteiger partial charge in [0.25, 0.3) is 5.69 Å². The van der Waals surface area contributed by atoms with Gasteiger partial charge in [0.1, 0.15) is 11.8 Å². The summed E-state index contributed by atoms with van der Waals surface area (Å²) >= 11 is 0. The number of hydrogen-bond donors (Lipinski definition) is 2. The molecule has 0 aromatic heterocycles. The van der Waals surface area contributed by atoms with Gasteiger partial charge < -0.3 is 15.6 Å². The quantitative estimate of drug-likeness (QED) is 0.579. The number of nitrogens with two attached hydrogens (primary N) is 1. The van der Waals surface area contributed by atoms with E-state index in [2.05, 4.69) is 0 Å². The monoisotopic (exact) mass is 254 g/mol. The SMILES string of the molecule is Cc1c(OCCC(N)C(=O)O)cccc1[N+](=O)[O-]. The van der Waals surface area contributed by atoms with Crippen molar-refractivity contribution in [2.24, 2.45) is 5.73 Å². The highest BCUT2D eigenvalue weighted by atomic mass is 16.6. The predicted octanol–water partition coefficient (Wildman–Crippen LogP) is 1.08. The fourth-order valence-corrected chi connectivity index (χ4v) is 1.38. The Balaban J connectivity index is 2.66. The molecule has 0 amide bonds. The van der Waals surface area contributed by atoms with Crippen LogP contribution in [-0.4, -0.2) is 28.6 Å². The third kappa shape index (κ3) is 3.42. The number of nitro benzene ring substituents is 1. The Morgan fingerprint density at radius 3 is 2.83 bits per heavy atom. The normalized spacial score (nSPS) is 11.9. The van der Waals surface area contributed by atoms with E-state index in [0.29, 0.717) is 11.3 Å². The van der Waals surface area contributed by atoms with E-state index in [1.165, 1.54) is 12.1 Å². The first-order valence-electron chi connectivity index (χ1n) is 5.28. The van der Waals surface area contributed by atoms with E-state index in [9.17, 15) is 14.9 Å². The highest BCUT2D eigenvalue weighted by Gasteiger charge is 2.15. The first-order chi connectivity index (χ1) is 8.43. The van der Waals surface area contributed by atoms with Crippen LogP contribution in [0.25, 0.3) is 0 Å². The Morgan fingerprint density at radius 1 is 1.61 bits per heavy atom. The largest absolute Gasteiger partial charge is 0.493 e. The smallest absolute Gasteiger partial charge is 0.320 e. The molecule has 0 aliphatic heterocycles. The van der Waals surface area contributed by atoms with Crippen LogP contribution in [-0.2, 0) is 4.79 Å². The van der Waals surface area contributed by atoms with Crippen molar-refractivity contribution in [1.29, 1.82) is 0 Å². The van der Waals surface area contributed by atoms with Gasteiger partial charge in [-0.1, -0.05) is 6.07 Å². The maximum absolute atomic E-state index is 10.7. The molecule has 3 N–H and O–H groups in total. The van der Waals surface area contributed by atoms with Gasteiger partial charge in [-0.05, 0) is 13.0 Å². The summed E-state index contributed by atoms with van der Waals surface area (Å²) in [6.45, 7) is 1.67. The van der Waals surface area contributed by atoms with E-state index < -0.39 is 16.9 Å². The predicted molar refractivity (Wildman–Crippen MR) is 63.6 cm³/mol. The zero-order valence-corrected chi connectivity index (χ0v) is 9.83. The van der Waals surface area contributed by atoms with E-state index in [-0.39, 0.29) is 18.7 Å². The van der Waals surface area contributed by atoms with Gasteiger partial charge in [0.2, 0.25) is 0 Å². The average Bonchev–Trinajstić information content (AvgIpc) is 2.30. The van der Waals surface area contributed by atoms with E-state index in [1.54, 1.807) is 13.0 Å². The number of carbonyl (C=O) groups is 1. The topological polar surface area (TPSA) is 116 Å². The van der Waals surface area contributed by atoms with E-state index >= 15 is 0 Å². The molecule has 1 aromatic rings. The summed E-state index contributed by atoms with van der Waals surface area (Å²) in [5, 5.41) is 19.3. The third-order valence-corrected chi connectivity index (χ3v) is 2.46. The summed E-state index contributed by atoms with van der Waals surface area (Å²) in [6.07, 6.45) is 0.136. The van der Waals surface area contributed by atoms with Crippen LogP contribution in [0.4, 0.5) is 5.69 Å². The van der Waals surface area contributed by atoms with Gasteiger partial charge in [0.05, 0.1) is 17.1 Å². The number of carboxylic acid groups (broad SMARTS) is 1. The molecule has 0 aliphatic rings. The Kier molecular flexibility index (Phi) is 4.61. The molecule has 7 heteroatoms. The number of benzene rings is 1. The fourth-order valence-electron chi connectivity index (χ4n) is 1.38. The lowest BCUT2D eigenvalue weighted by molar-refractivity contribution is -0.385. The molecule has 7 nitrogen and oxygen atoms in total. The number of carboxylic acids is 1. The lowest BCUT2D eigenvalue weighted by Gasteiger charge is -2.10. The van der Waals surface area contributed by atoms with Crippen molar-refractivity contribution in [3.63, 3.8) is 0 Å². The molecule has 0 radical (unpaired) electrons. The van der Waals surface area contributed by atoms with Crippen LogP contribution in [0.5, 0.6) is 5.75 Å². The maximum atomic E-state index is 10.7. The second-order valence-corrected chi connectivity index (χ2v) is 3.74. The Hall–Kier alpha value is -2.15. The third-order valence-electron chi connectivity index (χ3n) is 2.46. The molecule has 0 saturated carbocycles. The summed E-state index contributed by atoms with van der Waals surface area (Å²) in [7, 11) is 0. The molecule has 1 unspecified atom stereocenters. The van der Waals surface area contributed by atoms with Gasteiger partial charge in [0.15, 0.2) is 0 Å². The van der Waals surface area contributed by atoms with Crippen molar-refractivity contribution in [3.05, 3.63) is 33.9 Å². The molecule has 98 valence electrons. The van der Waals surface area contributed by atoms with Crippen LogP contribution in [0.15, 0.2) is 18.2 Å². The first-order valence-corrected chi connectivity index (χ1v) is 5.28. The second-order valence-electron chi connectivity index (χ2n) is 3.74. The number of rotatable bonds is 6. The van der Waals surface area contributed by atoms with Crippen molar-refractivity contribution in [3.8, 4) is 5.75 Å². The minimum atomic E-state index is -1.10. The highest BCUT2D eigenvalue weighted by Crippen LogP contribution is 2.26. The maximum Gasteiger partial charge on any atom is 0.320 e. The van der Waals surface area contributed by atoms with Gasteiger partial charge >= 0.3 is 5.97 Å². The van der Waals surface area contributed by atoms with Crippen LogP contribution in [0.1, 0.15) is 12.0 Å². The summed E-state index contributed by atoms with van der Waals surface area (Å²) in [6, 6.07) is 3.49.